The molecule has 1 atom stereocenters. The predicted molar refractivity (Wildman–Crippen MR) is 72.5 cm³/mol. The number of carbonyl (C=O) groups excluding carboxylic acids is 1. The lowest BCUT2D eigenvalue weighted by atomic mass is 9.85. The Balaban J connectivity index is 1.84. The number of hydrogen-bond donors (Lipinski definition) is 1. The van der Waals surface area contributed by atoms with Crippen LogP contribution in [0, 0.1) is 5.92 Å². The van der Waals surface area contributed by atoms with Crippen molar-refractivity contribution >= 4 is 11.9 Å². The van der Waals surface area contributed by atoms with Crippen LogP contribution in [-0.2, 0) is 9.59 Å². The molecule has 0 radical (unpaired) electrons. The van der Waals surface area contributed by atoms with E-state index in [1.54, 1.807) is 0 Å². The van der Waals surface area contributed by atoms with E-state index in [-0.39, 0.29) is 12.3 Å². The summed E-state index contributed by atoms with van der Waals surface area (Å²) in [4.78, 5) is 24.6. The molecule has 0 spiro atoms. The number of piperidine rings is 1. The zero-order chi connectivity index (χ0) is 13.7. The lowest BCUT2D eigenvalue weighted by Gasteiger charge is -2.38. The monoisotopic (exact) mass is 265 g/mol. The van der Waals surface area contributed by atoms with Gasteiger partial charge >= 0.3 is 5.97 Å². The topological polar surface area (TPSA) is 57.6 Å². The first-order chi connectivity index (χ1) is 9.18. The average molecular weight is 265 g/mol. The summed E-state index contributed by atoms with van der Waals surface area (Å²) in [5.41, 5.74) is 1.25. The fourth-order valence-electron chi connectivity index (χ4n) is 3.13. The molecule has 106 valence electrons. The quantitative estimate of drug-likeness (QED) is 0.777. The number of carboxylic acids is 1. The zero-order valence-corrected chi connectivity index (χ0v) is 11.4. The third-order valence-corrected chi connectivity index (χ3v) is 4.11. The van der Waals surface area contributed by atoms with Crippen LogP contribution in [-0.4, -0.2) is 28.4 Å². The normalized spacial score (nSPS) is 22.6. The first kappa shape index (κ1) is 14.1. The Hall–Kier alpha value is -1.32. The molecule has 1 aliphatic carbocycles. The maximum absolute atomic E-state index is 12.2. The zero-order valence-electron chi connectivity index (χ0n) is 11.4. The van der Waals surface area contributed by atoms with Crippen molar-refractivity contribution < 1.29 is 14.7 Å². The number of allylic oxidation sites excluding steroid dienone is 2. The highest BCUT2D eigenvalue weighted by Crippen LogP contribution is 2.35. The second-order valence-corrected chi connectivity index (χ2v) is 5.55. The number of carboxylic acid groups (broad SMARTS) is 1. The summed E-state index contributed by atoms with van der Waals surface area (Å²) in [6.45, 7) is 0.847. The maximum atomic E-state index is 12.2. The fraction of sp³-hybridized carbons (Fsp3) is 0.733. The summed E-state index contributed by atoms with van der Waals surface area (Å²) >= 11 is 0. The van der Waals surface area contributed by atoms with Crippen LogP contribution >= 0.6 is 0 Å². The Morgan fingerprint density at radius 1 is 1.21 bits per heavy atom. The van der Waals surface area contributed by atoms with Gasteiger partial charge in [0.15, 0.2) is 0 Å². The number of aliphatic carboxylic acids is 1. The van der Waals surface area contributed by atoms with Crippen LogP contribution in [0.25, 0.3) is 0 Å². The highest BCUT2D eigenvalue weighted by atomic mass is 16.4. The first-order valence-corrected chi connectivity index (χ1v) is 7.40. The van der Waals surface area contributed by atoms with E-state index in [1.807, 2.05) is 4.90 Å². The average Bonchev–Trinajstić information content (AvgIpc) is 2.42. The Labute approximate surface area is 114 Å². The van der Waals surface area contributed by atoms with E-state index in [2.05, 4.69) is 6.08 Å². The number of carbonyl (C=O) groups is 2. The van der Waals surface area contributed by atoms with E-state index in [1.165, 1.54) is 25.0 Å². The molecule has 1 heterocycles. The molecule has 0 aromatic carbocycles. The van der Waals surface area contributed by atoms with Crippen LogP contribution in [0.2, 0.25) is 0 Å². The smallest absolute Gasteiger partial charge is 0.303 e. The number of fused-ring (bicyclic) bond motifs is 1. The third-order valence-electron chi connectivity index (χ3n) is 4.11. The minimum absolute atomic E-state index is 0.165. The van der Waals surface area contributed by atoms with Gasteiger partial charge in [0.1, 0.15) is 0 Å². The Bertz CT molecular complexity index is 376. The van der Waals surface area contributed by atoms with Gasteiger partial charge < -0.3 is 10.0 Å². The molecule has 1 fully saturated rings. The van der Waals surface area contributed by atoms with Gasteiger partial charge in [-0.05, 0) is 50.9 Å². The summed E-state index contributed by atoms with van der Waals surface area (Å²) < 4.78 is 0. The molecule has 1 amide bonds. The van der Waals surface area contributed by atoms with Crippen LogP contribution in [0.1, 0.15) is 57.8 Å². The molecule has 4 heteroatoms. The van der Waals surface area contributed by atoms with Crippen molar-refractivity contribution in [1.82, 2.24) is 4.90 Å². The fourth-order valence-corrected chi connectivity index (χ4v) is 3.13. The number of nitrogens with zero attached hydrogens (tertiary/aromatic N) is 1. The number of hydrogen-bond acceptors (Lipinski definition) is 2. The summed E-state index contributed by atoms with van der Waals surface area (Å²) in [7, 11) is 0. The molecule has 1 aliphatic heterocycles. The van der Waals surface area contributed by atoms with E-state index in [0.29, 0.717) is 25.2 Å². The second-order valence-electron chi connectivity index (χ2n) is 5.55. The first-order valence-electron chi connectivity index (χ1n) is 7.40. The molecule has 1 saturated heterocycles. The molecular formula is C15H23NO3. The highest BCUT2D eigenvalue weighted by molar-refractivity contribution is 5.78. The molecule has 1 N–H and O–H groups in total. The van der Waals surface area contributed by atoms with Crippen molar-refractivity contribution in [3.8, 4) is 0 Å². The Morgan fingerprint density at radius 2 is 1.95 bits per heavy atom. The highest BCUT2D eigenvalue weighted by Gasteiger charge is 2.29. The molecule has 4 nitrogen and oxygen atoms in total. The van der Waals surface area contributed by atoms with Gasteiger partial charge in [0.25, 0.3) is 0 Å². The van der Waals surface area contributed by atoms with E-state index in [4.69, 9.17) is 5.11 Å². The van der Waals surface area contributed by atoms with Gasteiger partial charge in [-0.25, -0.2) is 0 Å². The van der Waals surface area contributed by atoms with Crippen LogP contribution < -0.4 is 0 Å². The molecule has 0 bridgehead atoms. The van der Waals surface area contributed by atoms with Gasteiger partial charge in [0, 0.05) is 25.1 Å². The largest absolute Gasteiger partial charge is 0.481 e. The van der Waals surface area contributed by atoms with Gasteiger partial charge in [-0.15, -0.1) is 0 Å². The summed E-state index contributed by atoms with van der Waals surface area (Å²) in [6.07, 6.45) is 10.0. The van der Waals surface area contributed by atoms with Crippen molar-refractivity contribution in [2.24, 2.45) is 5.92 Å². The number of likely N-dealkylation sites (tertiary alicyclic amines) is 1. The van der Waals surface area contributed by atoms with Crippen molar-refractivity contribution in [2.45, 2.75) is 57.8 Å². The second kappa shape index (κ2) is 6.73. The molecule has 0 aromatic heterocycles. The van der Waals surface area contributed by atoms with Gasteiger partial charge in [0.05, 0.1) is 0 Å². The number of amides is 1. The molecule has 2 aliphatic rings. The van der Waals surface area contributed by atoms with Crippen molar-refractivity contribution in [1.29, 1.82) is 0 Å². The molecule has 2 rings (SSSR count). The lowest BCUT2D eigenvalue weighted by molar-refractivity contribution is -0.137. The summed E-state index contributed by atoms with van der Waals surface area (Å²) in [5.74, 6) is -0.00539. The van der Waals surface area contributed by atoms with Crippen molar-refractivity contribution in [3.05, 3.63) is 11.8 Å². The van der Waals surface area contributed by atoms with Gasteiger partial charge in [-0.2, -0.15) is 0 Å². The van der Waals surface area contributed by atoms with E-state index in [9.17, 15) is 9.59 Å². The van der Waals surface area contributed by atoms with E-state index >= 15 is 0 Å². The molecule has 19 heavy (non-hydrogen) atoms. The van der Waals surface area contributed by atoms with Crippen molar-refractivity contribution in [3.63, 3.8) is 0 Å². The SMILES string of the molecule is O=C(O)CCCCC(=O)N1CCCC2CCCC=C21. The van der Waals surface area contributed by atoms with Gasteiger partial charge in [0.2, 0.25) is 5.91 Å². The predicted octanol–water partition coefficient (Wildman–Crippen LogP) is 2.94. The molecule has 1 unspecified atom stereocenters. The van der Waals surface area contributed by atoms with Crippen molar-refractivity contribution in [2.75, 3.05) is 6.54 Å². The third kappa shape index (κ3) is 3.82. The maximum Gasteiger partial charge on any atom is 0.303 e. The van der Waals surface area contributed by atoms with Crippen LogP contribution in [0.5, 0.6) is 0 Å². The molecule has 0 saturated carbocycles. The standard InChI is InChI=1S/C15H23NO3/c17-14(9-3-4-10-15(18)19)16-11-5-7-12-6-1-2-8-13(12)16/h8,12H,1-7,9-11H2,(H,18,19). The molecular weight excluding hydrogens is 242 g/mol. The summed E-state index contributed by atoms with van der Waals surface area (Å²) in [6, 6.07) is 0. The lowest BCUT2D eigenvalue weighted by Crippen LogP contribution is -2.38. The number of unbranched alkanes of at least 4 members (excludes halogenated alkanes) is 1. The van der Waals surface area contributed by atoms with Gasteiger partial charge in [-0.3, -0.25) is 9.59 Å². The van der Waals surface area contributed by atoms with E-state index in [0.717, 1.165) is 19.4 Å². The Morgan fingerprint density at radius 3 is 2.74 bits per heavy atom. The summed E-state index contributed by atoms with van der Waals surface area (Å²) in [5, 5.41) is 8.58. The minimum atomic E-state index is -0.777. The van der Waals surface area contributed by atoms with Gasteiger partial charge in [-0.1, -0.05) is 6.08 Å². The van der Waals surface area contributed by atoms with Crippen LogP contribution in [0.4, 0.5) is 0 Å². The molecule has 0 aromatic rings. The van der Waals surface area contributed by atoms with Crippen LogP contribution in [0.3, 0.4) is 0 Å². The Kier molecular flexibility index (Phi) is 5.00. The van der Waals surface area contributed by atoms with E-state index < -0.39 is 5.97 Å². The van der Waals surface area contributed by atoms with Crippen LogP contribution in [0.15, 0.2) is 11.8 Å². The number of rotatable bonds is 5. The minimum Gasteiger partial charge on any atom is -0.481 e.